The van der Waals surface area contributed by atoms with E-state index in [0.717, 1.165) is 44.9 Å². The fourth-order valence-electron chi connectivity index (χ4n) is 9.04. The van der Waals surface area contributed by atoms with Crippen molar-refractivity contribution in [3.05, 3.63) is 35.9 Å². The van der Waals surface area contributed by atoms with Crippen molar-refractivity contribution in [3.63, 3.8) is 0 Å². The van der Waals surface area contributed by atoms with E-state index in [0.29, 0.717) is 23.4 Å². The van der Waals surface area contributed by atoms with Crippen molar-refractivity contribution in [1.82, 2.24) is 15.1 Å². The molecule has 0 aromatic heterocycles. The molecule has 1 aromatic carbocycles. The monoisotopic (exact) mass is 917 g/mol. The SMILES string of the molecule is CCCCCCCCCCCCCCCCCCNC(=O)N(CCCCCCCCCCCCCCCCCC)[C@@H]1O[C@H](CO)[C@H](O)[C@H](O)[C@H]1N(C(=O)CN)C(=O)OCc1ccccc1. The summed E-state index contributed by atoms with van der Waals surface area (Å²) in [7, 11) is 0. The Balaban J connectivity index is 1.98. The van der Waals surface area contributed by atoms with Crippen LogP contribution in [0.1, 0.15) is 225 Å². The number of aliphatic hydroxyl groups excluding tert-OH is 3. The Morgan fingerprint density at radius 3 is 1.45 bits per heavy atom. The van der Waals surface area contributed by atoms with E-state index >= 15 is 0 Å². The number of nitrogens with one attached hydrogen (secondary N) is 1. The number of nitrogens with two attached hydrogens (primary N) is 1. The summed E-state index contributed by atoms with van der Waals surface area (Å²) in [6.45, 7) is 3.73. The maximum atomic E-state index is 14.1. The first-order valence-corrected chi connectivity index (χ1v) is 26.7. The Kier molecular flexibility index (Phi) is 35.2. The number of hydrogen-bond acceptors (Lipinski definition) is 9. The number of ether oxygens (including phenoxy) is 2. The van der Waals surface area contributed by atoms with Crippen LogP contribution in [0.25, 0.3) is 0 Å². The average Bonchev–Trinajstić information content (AvgIpc) is 3.32. The van der Waals surface area contributed by atoms with E-state index in [9.17, 15) is 29.7 Å². The van der Waals surface area contributed by atoms with E-state index in [4.69, 9.17) is 15.2 Å². The first-order chi connectivity index (χ1) is 31.8. The number of aliphatic hydroxyl groups is 3. The Morgan fingerprint density at radius 2 is 1.03 bits per heavy atom. The molecule has 12 heteroatoms. The molecule has 0 aliphatic carbocycles. The number of unbranched alkanes of at least 4 members (excludes halogenated alkanes) is 30. The lowest BCUT2D eigenvalue weighted by atomic mass is 9.93. The molecule has 2 rings (SSSR count). The molecule has 6 N–H and O–H groups in total. The molecular formula is C53H96N4O8. The standard InChI is InChI=1S/C53H96N4O8/c1-3-5-7-9-11-13-15-17-19-21-23-25-27-29-31-36-40-55-52(62)56(41-37-32-30-28-26-24-22-20-18-16-14-12-10-8-6-4-2)51-48(50(61)49(60)46(43-58)65-51)57(47(59)42-54)53(63)64-44-45-38-34-33-35-39-45/h33-35,38-39,46,48-51,58,60-61H,3-32,36-37,40-44,54H2,1-2H3,(H,55,62)/t46-,48-,49+,50-,51-/m1/s1. The minimum absolute atomic E-state index is 0.160. The quantitative estimate of drug-likeness (QED) is 0.0401. The van der Waals surface area contributed by atoms with Crippen molar-refractivity contribution in [2.45, 2.75) is 257 Å². The van der Waals surface area contributed by atoms with Gasteiger partial charge in [-0.2, -0.15) is 0 Å². The number of imide groups is 1. The molecule has 65 heavy (non-hydrogen) atoms. The molecule has 1 aliphatic rings. The molecule has 376 valence electrons. The van der Waals surface area contributed by atoms with Gasteiger partial charge >= 0.3 is 12.1 Å². The van der Waals surface area contributed by atoms with Crippen molar-refractivity contribution in [2.75, 3.05) is 26.2 Å². The van der Waals surface area contributed by atoms with Gasteiger partial charge < -0.3 is 35.8 Å². The van der Waals surface area contributed by atoms with E-state index in [1.165, 1.54) is 159 Å². The third kappa shape index (κ3) is 25.8. The Labute approximate surface area is 395 Å². The number of amides is 4. The number of nitrogens with zero attached hydrogens (tertiary/aromatic N) is 2. The van der Waals surface area contributed by atoms with E-state index in [2.05, 4.69) is 19.2 Å². The lowest BCUT2D eigenvalue weighted by Crippen LogP contribution is -2.71. The largest absolute Gasteiger partial charge is 0.444 e. The van der Waals surface area contributed by atoms with Crippen molar-refractivity contribution >= 4 is 18.0 Å². The number of carbonyl (C=O) groups excluding carboxylic acids is 3. The molecule has 1 saturated heterocycles. The van der Waals surface area contributed by atoms with Crippen LogP contribution in [0.3, 0.4) is 0 Å². The molecule has 0 bridgehead atoms. The number of hydrogen-bond donors (Lipinski definition) is 5. The molecule has 1 fully saturated rings. The second-order valence-corrected chi connectivity index (χ2v) is 18.8. The van der Waals surface area contributed by atoms with E-state index in [1.54, 1.807) is 24.3 Å². The summed E-state index contributed by atoms with van der Waals surface area (Å²) in [5.41, 5.74) is 6.48. The summed E-state index contributed by atoms with van der Waals surface area (Å²) in [5.74, 6) is -0.869. The fourth-order valence-corrected chi connectivity index (χ4v) is 9.04. The number of carbonyl (C=O) groups is 3. The van der Waals surface area contributed by atoms with Crippen LogP contribution in [-0.2, 0) is 20.9 Å². The first kappa shape index (κ1) is 58.4. The number of urea groups is 1. The van der Waals surface area contributed by atoms with Gasteiger partial charge in [0.05, 0.1) is 13.2 Å². The normalized spacial score (nSPS) is 18.4. The second-order valence-electron chi connectivity index (χ2n) is 18.8. The topological polar surface area (TPSA) is 175 Å². The van der Waals surface area contributed by atoms with Gasteiger partial charge in [0.2, 0.25) is 5.91 Å². The van der Waals surface area contributed by atoms with Gasteiger partial charge in [-0.3, -0.25) is 9.69 Å². The predicted octanol–water partition coefficient (Wildman–Crippen LogP) is 11.5. The van der Waals surface area contributed by atoms with Crippen LogP contribution < -0.4 is 11.1 Å². The smallest absolute Gasteiger partial charge is 0.417 e. The molecular weight excluding hydrogens is 821 g/mol. The van der Waals surface area contributed by atoms with Crippen molar-refractivity contribution in [3.8, 4) is 0 Å². The zero-order valence-electron chi connectivity index (χ0n) is 41.3. The Hall–Kier alpha value is -2.77. The van der Waals surface area contributed by atoms with Gasteiger partial charge in [-0.1, -0.05) is 237 Å². The summed E-state index contributed by atoms with van der Waals surface area (Å²) in [4.78, 5) is 43.4. The van der Waals surface area contributed by atoms with Gasteiger partial charge in [0.25, 0.3) is 0 Å². The minimum atomic E-state index is -1.77. The van der Waals surface area contributed by atoms with E-state index in [-0.39, 0.29) is 13.2 Å². The Bertz CT molecular complexity index is 1310. The molecule has 0 unspecified atom stereocenters. The lowest BCUT2D eigenvalue weighted by molar-refractivity contribution is -0.238. The van der Waals surface area contributed by atoms with Crippen molar-refractivity contribution < 1.29 is 39.2 Å². The zero-order chi connectivity index (χ0) is 47.2. The van der Waals surface area contributed by atoms with Crippen LogP contribution in [0.4, 0.5) is 9.59 Å². The first-order valence-electron chi connectivity index (χ1n) is 26.7. The van der Waals surface area contributed by atoms with E-state index < -0.39 is 61.8 Å². The second kappa shape index (κ2) is 39.2. The van der Waals surface area contributed by atoms with Crippen LogP contribution in [0, 0.1) is 0 Å². The molecule has 5 atom stereocenters. The highest BCUT2D eigenvalue weighted by molar-refractivity contribution is 5.93. The summed E-state index contributed by atoms with van der Waals surface area (Å²) in [5, 5.41) is 35.9. The molecule has 1 aromatic rings. The fraction of sp³-hybridized carbons (Fsp3) is 0.830. The molecule has 1 heterocycles. The van der Waals surface area contributed by atoms with Crippen LogP contribution >= 0.6 is 0 Å². The lowest BCUT2D eigenvalue weighted by Gasteiger charge is -2.49. The van der Waals surface area contributed by atoms with Gasteiger partial charge in [0, 0.05) is 13.1 Å². The Morgan fingerprint density at radius 1 is 0.615 bits per heavy atom. The van der Waals surface area contributed by atoms with Gasteiger partial charge in [-0.05, 0) is 18.4 Å². The third-order valence-corrected chi connectivity index (χ3v) is 13.1. The third-order valence-electron chi connectivity index (χ3n) is 13.1. The maximum absolute atomic E-state index is 14.1. The highest BCUT2D eigenvalue weighted by Crippen LogP contribution is 2.29. The van der Waals surface area contributed by atoms with Crippen LogP contribution in [0.15, 0.2) is 30.3 Å². The van der Waals surface area contributed by atoms with Crippen LogP contribution in [-0.4, -0.2) is 100.0 Å². The van der Waals surface area contributed by atoms with Crippen molar-refractivity contribution in [2.24, 2.45) is 5.73 Å². The molecule has 0 spiro atoms. The van der Waals surface area contributed by atoms with Gasteiger partial charge in [0.15, 0.2) is 6.23 Å². The summed E-state index contributed by atoms with van der Waals surface area (Å²) < 4.78 is 11.7. The van der Waals surface area contributed by atoms with E-state index in [1.807, 2.05) is 6.07 Å². The number of benzene rings is 1. The average molecular weight is 917 g/mol. The van der Waals surface area contributed by atoms with Crippen molar-refractivity contribution in [1.29, 1.82) is 0 Å². The van der Waals surface area contributed by atoms with Gasteiger partial charge in [-0.15, -0.1) is 0 Å². The highest BCUT2D eigenvalue weighted by Gasteiger charge is 2.53. The molecule has 1 aliphatic heterocycles. The highest BCUT2D eigenvalue weighted by atomic mass is 16.6. The molecule has 0 saturated carbocycles. The summed E-state index contributed by atoms with van der Waals surface area (Å²) >= 11 is 0. The minimum Gasteiger partial charge on any atom is -0.444 e. The van der Waals surface area contributed by atoms with Gasteiger partial charge in [0.1, 0.15) is 31.0 Å². The summed E-state index contributed by atoms with van der Waals surface area (Å²) in [6, 6.07) is 6.91. The molecule has 12 nitrogen and oxygen atoms in total. The number of rotatable bonds is 40. The molecule has 0 radical (unpaired) electrons. The van der Waals surface area contributed by atoms with Gasteiger partial charge in [-0.25, -0.2) is 14.5 Å². The predicted molar refractivity (Wildman–Crippen MR) is 263 cm³/mol. The molecule has 4 amide bonds. The maximum Gasteiger partial charge on any atom is 0.417 e. The van der Waals surface area contributed by atoms with Crippen LogP contribution in [0.5, 0.6) is 0 Å². The summed E-state index contributed by atoms with van der Waals surface area (Å²) in [6.07, 6.45) is 32.1. The zero-order valence-corrected chi connectivity index (χ0v) is 41.3. The van der Waals surface area contributed by atoms with Crippen LogP contribution in [0.2, 0.25) is 0 Å².